The molecule has 2 heterocycles. The van der Waals surface area contributed by atoms with Gasteiger partial charge >= 0.3 is 5.97 Å². The zero-order chi connectivity index (χ0) is 25.6. The van der Waals surface area contributed by atoms with Crippen LogP contribution < -0.4 is 10.6 Å². The summed E-state index contributed by atoms with van der Waals surface area (Å²) in [4.78, 5) is 14.1. The van der Waals surface area contributed by atoms with Crippen molar-refractivity contribution >= 4 is 39.6 Å². The van der Waals surface area contributed by atoms with Gasteiger partial charge in [0.25, 0.3) is 0 Å². The zero-order valence-corrected chi connectivity index (χ0v) is 22.5. The summed E-state index contributed by atoms with van der Waals surface area (Å²) in [6.45, 7) is 2.67. The van der Waals surface area contributed by atoms with Crippen LogP contribution in [-0.2, 0) is 24.1 Å². The molecular weight excluding hydrogens is 500 g/mol. The first-order valence-electron chi connectivity index (χ1n) is 12.7. The van der Waals surface area contributed by atoms with Gasteiger partial charge in [0.15, 0.2) is 5.11 Å². The molecule has 37 heavy (non-hydrogen) atoms. The van der Waals surface area contributed by atoms with Crippen LogP contribution in [0.25, 0.3) is 16.9 Å². The summed E-state index contributed by atoms with van der Waals surface area (Å²) in [7, 11) is 0. The van der Waals surface area contributed by atoms with E-state index in [1.807, 2.05) is 66.3 Å². The molecule has 0 spiro atoms. The number of nitrogens with one attached hydrogen (secondary N) is 2. The van der Waals surface area contributed by atoms with Gasteiger partial charge in [-0.05, 0) is 62.5 Å². The molecule has 0 unspecified atom stereocenters. The Hall–Kier alpha value is -3.49. The van der Waals surface area contributed by atoms with Gasteiger partial charge in [0.1, 0.15) is 5.00 Å². The molecule has 0 saturated carbocycles. The van der Waals surface area contributed by atoms with Crippen molar-refractivity contribution in [2.24, 2.45) is 0 Å². The maximum atomic E-state index is 12.9. The Morgan fingerprint density at radius 3 is 2.54 bits per heavy atom. The summed E-state index contributed by atoms with van der Waals surface area (Å²) >= 11 is 7.30. The maximum Gasteiger partial charge on any atom is 0.341 e. The van der Waals surface area contributed by atoms with Crippen LogP contribution in [0.1, 0.15) is 52.5 Å². The van der Waals surface area contributed by atoms with Crippen LogP contribution in [-0.4, -0.2) is 27.5 Å². The highest BCUT2D eigenvalue weighted by atomic mass is 32.1. The molecule has 0 amide bonds. The summed E-state index contributed by atoms with van der Waals surface area (Å²) in [5, 5.41) is 12.8. The molecular formula is C29H30N4O2S2. The van der Waals surface area contributed by atoms with Gasteiger partial charge in [-0.2, -0.15) is 5.10 Å². The van der Waals surface area contributed by atoms with E-state index in [-0.39, 0.29) is 5.97 Å². The molecule has 1 aliphatic rings. The highest BCUT2D eigenvalue weighted by molar-refractivity contribution is 7.80. The van der Waals surface area contributed by atoms with Crippen LogP contribution >= 0.6 is 23.6 Å². The number of ether oxygens (including phenoxy) is 1. The second-order valence-corrected chi connectivity index (χ2v) is 10.5. The number of fused-ring (bicyclic) bond motifs is 1. The monoisotopic (exact) mass is 530 g/mol. The predicted molar refractivity (Wildman–Crippen MR) is 154 cm³/mol. The van der Waals surface area contributed by atoms with E-state index in [4.69, 9.17) is 22.1 Å². The van der Waals surface area contributed by atoms with Crippen molar-refractivity contribution in [3.8, 4) is 16.9 Å². The van der Waals surface area contributed by atoms with Gasteiger partial charge in [-0.25, -0.2) is 9.48 Å². The molecule has 2 aromatic heterocycles. The molecule has 4 aromatic rings. The highest BCUT2D eigenvalue weighted by Gasteiger charge is 2.26. The SMILES string of the molecule is CCOC(=O)c1c(NC(=S)NCc2cn(-c3ccccc3)nc2-c2ccccc2)sc2c1CCCCC2. The van der Waals surface area contributed by atoms with Crippen molar-refractivity contribution in [3.63, 3.8) is 0 Å². The van der Waals surface area contributed by atoms with Gasteiger partial charge in [-0.15, -0.1) is 11.3 Å². The van der Waals surface area contributed by atoms with E-state index in [2.05, 4.69) is 22.8 Å². The van der Waals surface area contributed by atoms with E-state index in [0.29, 0.717) is 23.8 Å². The van der Waals surface area contributed by atoms with Gasteiger partial charge in [0, 0.05) is 28.7 Å². The Kier molecular flexibility index (Phi) is 7.96. The van der Waals surface area contributed by atoms with Gasteiger partial charge in [0.2, 0.25) is 0 Å². The molecule has 1 aliphatic carbocycles. The first-order valence-corrected chi connectivity index (χ1v) is 13.9. The number of esters is 1. The number of carbonyl (C=O) groups is 1. The predicted octanol–water partition coefficient (Wildman–Crippen LogP) is 6.53. The molecule has 0 bridgehead atoms. The first-order chi connectivity index (χ1) is 18.1. The van der Waals surface area contributed by atoms with Gasteiger partial charge < -0.3 is 15.4 Å². The number of thiophene rings is 1. The quantitative estimate of drug-likeness (QED) is 0.161. The lowest BCUT2D eigenvalue weighted by atomic mass is 10.1. The highest BCUT2D eigenvalue weighted by Crippen LogP contribution is 2.38. The second kappa shape index (κ2) is 11.7. The third-order valence-corrected chi connectivity index (χ3v) is 7.88. The van der Waals surface area contributed by atoms with Crippen molar-refractivity contribution in [1.29, 1.82) is 0 Å². The van der Waals surface area contributed by atoms with Crippen molar-refractivity contribution in [2.75, 3.05) is 11.9 Å². The van der Waals surface area contributed by atoms with Crippen LogP contribution in [0, 0.1) is 0 Å². The van der Waals surface area contributed by atoms with Crippen molar-refractivity contribution < 1.29 is 9.53 Å². The number of hydrogen-bond donors (Lipinski definition) is 2. The van der Waals surface area contributed by atoms with Gasteiger partial charge in [-0.1, -0.05) is 55.0 Å². The fraction of sp³-hybridized carbons (Fsp3) is 0.276. The lowest BCUT2D eigenvalue weighted by molar-refractivity contribution is 0.0527. The van der Waals surface area contributed by atoms with E-state index in [1.165, 1.54) is 11.3 Å². The van der Waals surface area contributed by atoms with Crippen molar-refractivity contribution in [2.45, 2.75) is 45.6 Å². The molecule has 5 rings (SSSR count). The van der Waals surface area contributed by atoms with E-state index in [1.54, 1.807) is 11.3 Å². The summed E-state index contributed by atoms with van der Waals surface area (Å²) in [5.74, 6) is -0.275. The van der Waals surface area contributed by atoms with Crippen molar-refractivity contribution in [1.82, 2.24) is 15.1 Å². The molecule has 8 heteroatoms. The summed E-state index contributed by atoms with van der Waals surface area (Å²) < 4.78 is 7.30. The fourth-order valence-corrected chi connectivity index (χ4v) is 6.18. The Balaban J connectivity index is 1.37. The number of aryl methyl sites for hydroxylation is 1. The summed E-state index contributed by atoms with van der Waals surface area (Å²) in [6, 6.07) is 20.2. The summed E-state index contributed by atoms with van der Waals surface area (Å²) in [6.07, 6.45) is 7.35. The smallest absolute Gasteiger partial charge is 0.341 e. The Bertz CT molecular complexity index is 1380. The molecule has 190 valence electrons. The number of anilines is 1. The third kappa shape index (κ3) is 5.76. The van der Waals surface area contributed by atoms with Crippen LogP contribution in [0.5, 0.6) is 0 Å². The van der Waals surface area contributed by atoms with E-state index in [9.17, 15) is 4.79 Å². The average molecular weight is 531 g/mol. The first kappa shape index (κ1) is 25.2. The molecule has 0 aliphatic heterocycles. The third-order valence-electron chi connectivity index (χ3n) is 6.43. The number of benzene rings is 2. The topological polar surface area (TPSA) is 68.2 Å². The largest absolute Gasteiger partial charge is 0.462 e. The molecule has 0 radical (unpaired) electrons. The van der Waals surface area contributed by atoms with E-state index < -0.39 is 0 Å². The lowest BCUT2D eigenvalue weighted by Gasteiger charge is -2.12. The number of carbonyl (C=O) groups excluding carboxylic acids is 1. The van der Waals surface area contributed by atoms with Crippen LogP contribution in [0.3, 0.4) is 0 Å². The maximum absolute atomic E-state index is 12.9. The number of hydrogen-bond acceptors (Lipinski definition) is 5. The molecule has 0 fully saturated rings. The van der Waals surface area contributed by atoms with Crippen LogP contribution in [0.15, 0.2) is 66.9 Å². The Morgan fingerprint density at radius 1 is 1.05 bits per heavy atom. The van der Waals surface area contributed by atoms with Crippen molar-refractivity contribution in [3.05, 3.63) is 88.4 Å². The normalized spacial score (nSPS) is 12.9. The number of rotatable bonds is 7. The van der Waals surface area contributed by atoms with E-state index in [0.717, 1.165) is 58.8 Å². The minimum absolute atomic E-state index is 0.275. The molecule has 0 saturated heterocycles. The number of aromatic nitrogens is 2. The molecule has 2 N–H and O–H groups in total. The molecule has 6 nitrogen and oxygen atoms in total. The average Bonchev–Trinajstić information content (AvgIpc) is 3.42. The number of thiocarbonyl (C=S) groups is 1. The van der Waals surface area contributed by atoms with Gasteiger partial charge in [0.05, 0.1) is 23.6 Å². The Morgan fingerprint density at radius 2 is 1.78 bits per heavy atom. The molecule has 2 aromatic carbocycles. The second-order valence-electron chi connectivity index (χ2n) is 8.95. The Labute approximate surface area is 226 Å². The zero-order valence-electron chi connectivity index (χ0n) is 20.8. The van der Waals surface area contributed by atoms with Crippen LogP contribution in [0.2, 0.25) is 0 Å². The fourth-order valence-electron chi connectivity index (χ4n) is 4.66. The summed E-state index contributed by atoms with van der Waals surface area (Å²) in [5.41, 5.74) is 5.73. The molecule has 0 atom stereocenters. The lowest BCUT2D eigenvalue weighted by Crippen LogP contribution is -2.28. The number of para-hydroxylation sites is 1. The van der Waals surface area contributed by atoms with Gasteiger partial charge in [-0.3, -0.25) is 0 Å². The standard InChI is InChI=1S/C29H30N4O2S2/c1-2-35-28(34)25-23-16-10-5-11-17-24(23)37-27(25)31-29(36)30-18-21-19-33(22-14-8-4-9-15-22)32-26(21)20-12-6-3-7-13-20/h3-4,6-9,12-15,19H,2,5,10-11,16-18H2,1H3,(H2,30,31,36). The van der Waals surface area contributed by atoms with Crippen LogP contribution in [0.4, 0.5) is 5.00 Å². The number of nitrogens with zero attached hydrogens (tertiary/aromatic N) is 2. The minimum atomic E-state index is -0.275. The van der Waals surface area contributed by atoms with E-state index >= 15 is 0 Å². The minimum Gasteiger partial charge on any atom is -0.462 e.